The zero-order chi connectivity index (χ0) is 11.4. The van der Waals surface area contributed by atoms with Gasteiger partial charge in [-0.25, -0.2) is 4.90 Å². The first-order chi connectivity index (χ1) is 6.38. The van der Waals surface area contributed by atoms with E-state index in [4.69, 9.17) is 19.9 Å². The molecule has 0 radical (unpaired) electrons. The molecule has 0 saturated carbocycles. The van der Waals surface area contributed by atoms with Crippen LogP contribution < -0.4 is 0 Å². The van der Waals surface area contributed by atoms with Crippen LogP contribution in [0, 0.1) is 0 Å². The van der Waals surface area contributed by atoms with Crippen molar-refractivity contribution in [3.05, 3.63) is 0 Å². The monoisotopic (exact) mass is 229 g/mol. The Morgan fingerprint density at radius 2 is 1.86 bits per heavy atom. The Labute approximate surface area is 82.3 Å². The lowest BCUT2D eigenvalue weighted by Crippen LogP contribution is -2.48. The van der Waals surface area contributed by atoms with E-state index in [-0.39, 0.29) is 0 Å². The van der Waals surface area contributed by atoms with E-state index in [1.54, 1.807) is 6.92 Å². The van der Waals surface area contributed by atoms with E-state index in [9.17, 15) is 8.42 Å². The molecule has 0 aliphatic carbocycles. The van der Waals surface area contributed by atoms with Crippen LogP contribution in [0.25, 0.3) is 0 Å². The van der Waals surface area contributed by atoms with Crippen LogP contribution in [-0.2, 0) is 10.1 Å². The maximum atomic E-state index is 10.5. The summed E-state index contributed by atoms with van der Waals surface area (Å²) in [4.78, 5) is 0.676. The van der Waals surface area contributed by atoms with Crippen LogP contribution >= 0.6 is 0 Å². The number of aliphatic hydroxyl groups excluding tert-OH is 3. The Balaban J connectivity index is 4.71. The molecule has 2 unspecified atom stereocenters. The highest BCUT2D eigenvalue weighted by Gasteiger charge is 2.31. The lowest BCUT2D eigenvalue weighted by molar-refractivity contribution is -0.0469. The lowest BCUT2D eigenvalue weighted by Gasteiger charge is -2.29. The van der Waals surface area contributed by atoms with Gasteiger partial charge in [0.05, 0.1) is 13.3 Å². The van der Waals surface area contributed by atoms with E-state index in [1.807, 2.05) is 0 Å². The quantitative estimate of drug-likeness (QED) is 0.312. The highest BCUT2D eigenvalue weighted by Crippen LogP contribution is 2.10. The van der Waals surface area contributed by atoms with E-state index in [2.05, 4.69) is 0 Å². The first-order valence-corrected chi connectivity index (χ1v) is 5.50. The fraction of sp³-hybridized carbons (Fsp3) is 1.00. The number of hydrogen-bond acceptors (Lipinski definition) is 6. The van der Waals surface area contributed by atoms with Crippen LogP contribution in [0.4, 0.5) is 0 Å². The molecule has 7 nitrogen and oxygen atoms in total. The molecule has 0 aliphatic heterocycles. The van der Waals surface area contributed by atoms with Gasteiger partial charge >= 0.3 is 10.1 Å². The van der Waals surface area contributed by atoms with Crippen molar-refractivity contribution in [1.29, 1.82) is 0 Å². The second-order valence-electron chi connectivity index (χ2n) is 2.74. The van der Waals surface area contributed by atoms with Crippen LogP contribution in [0.5, 0.6) is 0 Å². The van der Waals surface area contributed by atoms with Crippen molar-refractivity contribution in [2.24, 2.45) is 0 Å². The third-order valence-electron chi connectivity index (χ3n) is 1.86. The summed E-state index contributed by atoms with van der Waals surface area (Å²) in [6, 6.07) is -0.725. The summed E-state index contributed by atoms with van der Waals surface area (Å²) in [5, 5.41) is 26.7. The zero-order valence-electron chi connectivity index (χ0n) is 7.74. The second-order valence-corrected chi connectivity index (χ2v) is 4.19. The molecular weight excluding hydrogens is 214 g/mol. The molecule has 14 heavy (non-hydrogen) atoms. The van der Waals surface area contributed by atoms with Crippen molar-refractivity contribution in [1.82, 2.24) is 4.90 Å². The molecule has 0 aromatic carbocycles. The van der Waals surface area contributed by atoms with Gasteiger partial charge < -0.3 is 15.3 Å². The molecule has 0 aromatic rings. The molecule has 8 heteroatoms. The van der Waals surface area contributed by atoms with Gasteiger partial charge in [0.25, 0.3) is 0 Å². The highest BCUT2D eigenvalue weighted by molar-refractivity contribution is 7.86. The molecule has 4 N–H and O–H groups in total. The molecule has 0 aromatic heterocycles. The molecule has 0 bridgehead atoms. The average Bonchev–Trinajstić information content (AvgIpc) is 2.11. The maximum absolute atomic E-state index is 10.5. The second kappa shape index (κ2) is 5.59. The van der Waals surface area contributed by atoms with Crippen molar-refractivity contribution in [3.63, 3.8) is 0 Å². The van der Waals surface area contributed by atoms with Crippen LogP contribution in [0.1, 0.15) is 13.3 Å². The minimum Gasteiger partial charge on any atom is -0.395 e. The molecule has 0 aliphatic rings. The topological polar surface area (TPSA) is 118 Å². The Morgan fingerprint density at radius 1 is 1.36 bits per heavy atom. The summed E-state index contributed by atoms with van der Waals surface area (Å²) in [5.41, 5.74) is -2.22. The van der Waals surface area contributed by atoms with E-state index in [1.165, 1.54) is 0 Å². The predicted molar refractivity (Wildman–Crippen MR) is 47.6 cm³/mol. The average molecular weight is 229 g/mol. The fourth-order valence-electron chi connectivity index (χ4n) is 1.01. The largest absolute Gasteiger partial charge is 0.395 e. The molecule has 0 rings (SSSR count). The molecule has 2 atom stereocenters. The van der Waals surface area contributed by atoms with Gasteiger partial charge in [-0.3, -0.25) is 4.55 Å². The Hall–Kier alpha value is -0.250. The minimum absolute atomic E-state index is 0.323. The fourth-order valence-corrected chi connectivity index (χ4v) is 1.59. The number of nitrogens with zero attached hydrogens (tertiary/aromatic N) is 1. The van der Waals surface area contributed by atoms with Gasteiger partial charge in [0.2, 0.25) is 5.56 Å². The van der Waals surface area contributed by atoms with Crippen molar-refractivity contribution in [2.75, 3.05) is 13.3 Å². The third kappa shape index (κ3) is 3.48. The summed E-state index contributed by atoms with van der Waals surface area (Å²) in [6.07, 6.45) is 0.323. The van der Waals surface area contributed by atoms with Crippen LogP contribution in [0.15, 0.2) is 0 Å². The summed E-state index contributed by atoms with van der Waals surface area (Å²) < 4.78 is 29.6. The molecule has 0 spiro atoms. The zero-order valence-corrected chi connectivity index (χ0v) is 8.55. The smallest absolute Gasteiger partial charge is 0.306 e. The number of rotatable bonds is 6. The van der Waals surface area contributed by atoms with Crippen LogP contribution in [0.3, 0.4) is 0 Å². The first-order valence-electron chi connectivity index (χ1n) is 4.00. The normalized spacial score (nSPS) is 17.0. The van der Waals surface area contributed by atoms with E-state index < -0.39 is 35.1 Å². The van der Waals surface area contributed by atoms with Crippen molar-refractivity contribution >= 4 is 10.1 Å². The van der Waals surface area contributed by atoms with Crippen molar-refractivity contribution in [3.8, 4) is 0 Å². The summed E-state index contributed by atoms with van der Waals surface area (Å²) in [6.45, 7) is 0.434. The molecular formula is C6H15NO6S. The Morgan fingerprint density at radius 3 is 2.07 bits per heavy atom. The molecule has 0 fully saturated rings. The highest BCUT2D eigenvalue weighted by atomic mass is 32.2. The van der Waals surface area contributed by atoms with E-state index >= 15 is 0 Å². The summed E-state index contributed by atoms with van der Waals surface area (Å²) in [5.74, 6) is 0. The van der Waals surface area contributed by atoms with Crippen LogP contribution in [0.2, 0.25) is 0 Å². The van der Waals surface area contributed by atoms with Gasteiger partial charge in [-0.05, 0) is 6.42 Å². The van der Waals surface area contributed by atoms with Gasteiger partial charge in [0.15, 0.2) is 0 Å². The molecule has 0 saturated heterocycles. The van der Waals surface area contributed by atoms with Gasteiger partial charge in [-0.1, -0.05) is 6.92 Å². The Bertz CT molecular complexity index is 249. The predicted octanol–water partition coefficient (Wildman–Crippen LogP) is -1.83. The van der Waals surface area contributed by atoms with Crippen molar-refractivity contribution < 1.29 is 28.3 Å². The van der Waals surface area contributed by atoms with Gasteiger partial charge in [0.1, 0.15) is 0 Å². The standard InChI is InChI=1S/C6H15NO6S/c1-2-5(3-8)7(4-9)6(10)14(11,12)13/h5-6,8-10H,2-4H2,1H3,(H,11,12,13). The Kier molecular flexibility index (Phi) is 5.49. The summed E-state index contributed by atoms with van der Waals surface area (Å²) in [7, 11) is -4.67. The number of hydrogen-bond donors (Lipinski definition) is 4. The van der Waals surface area contributed by atoms with E-state index in [0.29, 0.717) is 11.3 Å². The SMILES string of the molecule is CCC(CO)N(CO)C(O)S(=O)(=O)O. The van der Waals surface area contributed by atoms with Gasteiger partial charge in [-0.15, -0.1) is 0 Å². The minimum atomic E-state index is -4.67. The summed E-state index contributed by atoms with van der Waals surface area (Å²) >= 11 is 0. The number of aliphatic hydroxyl groups is 3. The maximum Gasteiger partial charge on any atom is 0.306 e. The van der Waals surface area contributed by atoms with Crippen molar-refractivity contribution in [2.45, 2.75) is 24.9 Å². The third-order valence-corrected chi connectivity index (χ3v) is 2.67. The van der Waals surface area contributed by atoms with Gasteiger partial charge in [-0.2, -0.15) is 8.42 Å². The molecule has 0 heterocycles. The molecule has 86 valence electrons. The van der Waals surface area contributed by atoms with E-state index in [0.717, 1.165) is 0 Å². The lowest BCUT2D eigenvalue weighted by atomic mass is 10.2. The van der Waals surface area contributed by atoms with Gasteiger partial charge in [0, 0.05) is 6.04 Å². The van der Waals surface area contributed by atoms with Crippen LogP contribution in [-0.4, -0.2) is 58.1 Å². The molecule has 0 amide bonds. The first kappa shape index (κ1) is 13.8.